The molecule has 272 valence electrons. The molecule has 0 aromatic heterocycles. The Kier molecular flexibility index (Phi) is 19.6. The molecule has 1 aliphatic rings. The van der Waals surface area contributed by atoms with E-state index in [4.69, 9.17) is 23.7 Å². The van der Waals surface area contributed by atoms with E-state index in [0.29, 0.717) is 84.3 Å². The van der Waals surface area contributed by atoms with E-state index in [1.165, 1.54) is 7.11 Å². The number of esters is 2. The minimum Gasteiger partial charge on any atom is -0.491 e. The van der Waals surface area contributed by atoms with Gasteiger partial charge in [-0.25, -0.2) is 0 Å². The lowest BCUT2D eigenvalue weighted by atomic mass is 10.0. The number of hydrogen-bond acceptors (Lipinski definition) is 13. The highest BCUT2D eigenvalue weighted by molar-refractivity contribution is 5.76. The molecule has 0 radical (unpaired) electrons. The van der Waals surface area contributed by atoms with Gasteiger partial charge < -0.3 is 33.9 Å². The first-order valence-electron chi connectivity index (χ1n) is 16.6. The Bertz CT molecular complexity index is 1080. The maximum Gasteiger partial charge on any atom is 0.325 e. The van der Waals surface area contributed by atoms with Crippen molar-refractivity contribution in [1.82, 2.24) is 19.6 Å². The van der Waals surface area contributed by atoms with Crippen molar-refractivity contribution >= 4 is 23.9 Å². The lowest BCUT2D eigenvalue weighted by Crippen LogP contribution is -2.54. The maximum atomic E-state index is 13.4. The van der Waals surface area contributed by atoms with Crippen LogP contribution in [0.5, 0.6) is 5.75 Å². The van der Waals surface area contributed by atoms with Crippen LogP contribution in [0.15, 0.2) is 24.3 Å². The van der Waals surface area contributed by atoms with E-state index in [0.717, 1.165) is 5.56 Å². The SMILES string of the molecule is CCOCCOc1ccc(CC(C(=O)OCC)N2CCN(CC(=O)O)CCN(C(COC)C(=O)OCC)CCN(CC(=O)O)CC2)cc1. The Hall–Kier alpha value is -3.34. The van der Waals surface area contributed by atoms with Gasteiger partial charge in [-0.2, -0.15) is 0 Å². The highest BCUT2D eigenvalue weighted by atomic mass is 16.5. The van der Waals surface area contributed by atoms with Crippen molar-refractivity contribution in [1.29, 1.82) is 0 Å². The summed E-state index contributed by atoms with van der Waals surface area (Å²) in [6.45, 7) is 9.27. The largest absolute Gasteiger partial charge is 0.491 e. The van der Waals surface area contributed by atoms with E-state index in [2.05, 4.69) is 0 Å². The fourth-order valence-corrected chi connectivity index (χ4v) is 5.48. The molecule has 1 aliphatic heterocycles. The molecule has 2 atom stereocenters. The van der Waals surface area contributed by atoms with Crippen molar-refractivity contribution in [3.8, 4) is 5.75 Å². The number of aliphatic carboxylic acids is 2. The van der Waals surface area contributed by atoms with Crippen molar-refractivity contribution in [3.63, 3.8) is 0 Å². The van der Waals surface area contributed by atoms with E-state index in [1.54, 1.807) is 23.6 Å². The van der Waals surface area contributed by atoms with Crippen LogP contribution in [0.3, 0.4) is 0 Å². The number of nitrogens with zero attached hydrogens (tertiary/aromatic N) is 4. The van der Waals surface area contributed by atoms with Gasteiger partial charge in [-0.15, -0.1) is 0 Å². The van der Waals surface area contributed by atoms with Crippen LogP contribution in [-0.4, -0.2) is 178 Å². The molecule has 1 saturated heterocycles. The third-order valence-electron chi connectivity index (χ3n) is 7.91. The van der Waals surface area contributed by atoms with Gasteiger partial charge >= 0.3 is 23.9 Å². The molecular weight excluding hydrogens is 628 g/mol. The Morgan fingerprint density at radius 3 is 1.60 bits per heavy atom. The van der Waals surface area contributed by atoms with Gasteiger partial charge in [0.25, 0.3) is 0 Å². The molecule has 0 amide bonds. The molecule has 0 aliphatic carbocycles. The van der Waals surface area contributed by atoms with Crippen LogP contribution in [0, 0.1) is 0 Å². The minimum atomic E-state index is -1.00. The van der Waals surface area contributed by atoms with Crippen LogP contribution < -0.4 is 4.74 Å². The van der Waals surface area contributed by atoms with Gasteiger partial charge in [0.05, 0.1) is 39.5 Å². The molecule has 48 heavy (non-hydrogen) atoms. The molecule has 0 bridgehead atoms. The van der Waals surface area contributed by atoms with Crippen LogP contribution in [0.4, 0.5) is 0 Å². The zero-order valence-electron chi connectivity index (χ0n) is 28.8. The van der Waals surface area contributed by atoms with Crippen LogP contribution in [0.1, 0.15) is 26.3 Å². The van der Waals surface area contributed by atoms with Crippen LogP contribution >= 0.6 is 0 Å². The predicted molar refractivity (Wildman–Crippen MR) is 176 cm³/mol. The minimum absolute atomic E-state index is 0.0616. The van der Waals surface area contributed by atoms with E-state index >= 15 is 0 Å². The van der Waals surface area contributed by atoms with Crippen LogP contribution in [-0.2, 0) is 44.5 Å². The number of methoxy groups -OCH3 is 1. The standard InChI is InChI=1S/C33H54N4O11/c1-5-45-20-21-48-27-10-8-26(9-11-27)22-28(32(42)46-6-2)36-16-12-34(23-30(38)39)14-18-37(29(25-44-4)33(43)47-7-3)19-15-35(13-17-36)24-31(40)41/h8-11,28-29H,5-7,12-25H2,1-4H3,(H,38,39)(H,40,41). The first kappa shape index (κ1) is 40.8. The Balaban J connectivity index is 2.37. The summed E-state index contributed by atoms with van der Waals surface area (Å²) >= 11 is 0. The number of hydrogen-bond donors (Lipinski definition) is 2. The summed E-state index contributed by atoms with van der Waals surface area (Å²) in [6.07, 6.45) is 0.321. The Morgan fingerprint density at radius 1 is 0.688 bits per heavy atom. The summed E-state index contributed by atoms with van der Waals surface area (Å²) in [5.41, 5.74) is 0.875. The summed E-state index contributed by atoms with van der Waals surface area (Å²) < 4.78 is 27.2. The highest BCUT2D eigenvalue weighted by Crippen LogP contribution is 2.17. The van der Waals surface area contributed by atoms with Gasteiger partial charge in [0, 0.05) is 66.1 Å². The van der Waals surface area contributed by atoms with Crippen molar-refractivity contribution < 1.29 is 53.1 Å². The van der Waals surface area contributed by atoms with Gasteiger partial charge in [0.2, 0.25) is 0 Å². The normalized spacial score (nSPS) is 17.4. The van der Waals surface area contributed by atoms with Crippen molar-refractivity contribution in [2.75, 3.05) is 112 Å². The number of ether oxygens (including phenoxy) is 5. The van der Waals surface area contributed by atoms with Crippen molar-refractivity contribution in [3.05, 3.63) is 29.8 Å². The van der Waals surface area contributed by atoms with E-state index < -0.39 is 36.0 Å². The lowest BCUT2D eigenvalue weighted by molar-refractivity contribution is -0.152. The van der Waals surface area contributed by atoms with Gasteiger partial charge in [-0.1, -0.05) is 12.1 Å². The molecule has 2 N–H and O–H groups in total. The molecule has 1 fully saturated rings. The van der Waals surface area contributed by atoms with Gasteiger partial charge in [-0.05, 0) is 44.9 Å². The molecule has 15 heteroatoms. The zero-order chi connectivity index (χ0) is 35.3. The molecule has 0 saturated carbocycles. The number of carbonyl (C=O) groups excluding carboxylic acids is 2. The summed E-state index contributed by atoms with van der Waals surface area (Å²) in [5, 5.41) is 19.4. The third-order valence-corrected chi connectivity index (χ3v) is 7.91. The zero-order valence-corrected chi connectivity index (χ0v) is 28.8. The van der Waals surface area contributed by atoms with E-state index in [-0.39, 0.29) is 32.9 Å². The van der Waals surface area contributed by atoms with E-state index in [9.17, 15) is 29.4 Å². The number of carboxylic acids is 2. The summed E-state index contributed by atoms with van der Waals surface area (Å²) in [5.74, 6) is -2.21. The monoisotopic (exact) mass is 682 g/mol. The van der Waals surface area contributed by atoms with E-state index in [1.807, 2.05) is 41.0 Å². The second-order valence-electron chi connectivity index (χ2n) is 11.3. The maximum absolute atomic E-state index is 13.4. The topological polar surface area (TPSA) is 168 Å². The fourth-order valence-electron chi connectivity index (χ4n) is 5.48. The second kappa shape index (κ2) is 23.1. The highest BCUT2D eigenvalue weighted by Gasteiger charge is 2.32. The summed E-state index contributed by atoms with van der Waals surface area (Å²) in [4.78, 5) is 57.4. The Morgan fingerprint density at radius 2 is 1.17 bits per heavy atom. The fraction of sp³-hybridized carbons (Fsp3) is 0.697. The average Bonchev–Trinajstić information content (AvgIpc) is 3.04. The third kappa shape index (κ3) is 15.3. The molecule has 1 aromatic carbocycles. The summed E-state index contributed by atoms with van der Waals surface area (Å²) in [6, 6.07) is 6.00. The smallest absolute Gasteiger partial charge is 0.325 e. The Labute approximate surface area is 283 Å². The van der Waals surface area contributed by atoms with Gasteiger partial charge in [-0.3, -0.25) is 38.8 Å². The second-order valence-corrected chi connectivity index (χ2v) is 11.3. The molecule has 15 nitrogen and oxygen atoms in total. The first-order chi connectivity index (χ1) is 23.1. The van der Waals surface area contributed by atoms with Crippen LogP contribution in [0.25, 0.3) is 0 Å². The first-order valence-corrected chi connectivity index (χ1v) is 16.6. The quantitative estimate of drug-likeness (QED) is 0.153. The number of carboxylic acid groups (broad SMARTS) is 2. The van der Waals surface area contributed by atoms with Crippen LogP contribution in [0.2, 0.25) is 0 Å². The summed E-state index contributed by atoms with van der Waals surface area (Å²) in [7, 11) is 1.48. The average molecular weight is 683 g/mol. The molecule has 2 unspecified atom stereocenters. The predicted octanol–water partition coefficient (Wildman–Crippen LogP) is 0.545. The lowest BCUT2D eigenvalue weighted by Gasteiger charge is -2.37. The molecule has 2 rings (SSSR count). The number of benzene rings is 1. The number of carbonyl (C=O) groups is 4. The van der Waals surface area contributed by atoms with Crippen molar-refractivity contribution in [2.24, 2.45) is 0 Å². The molecular formula is C33H54N4O11. The van der Waals surface area contributed by atoms with Gasteiger partial charge in [0.15, 0.2) is 0 Å². The molecule has 0 spiro atoms. The number of rotatable bonds is 19. The molecule has 1 aromatic rings. The molecule has 1 heterocycles. The van der Waals surface area contributed by atoms with Crippen molar-refractivity contribution in [2.45, 2.75) is 39.3 Å². The van der Waals surface area contributed by atoms with Gasteiger partial charge in [0.1, 0.15) is 24.4 Å².